The molecule has 0 aliphatic carbocycles. The SMILES string of the molecule is Cn1nc(C(=O)NCCCN)c2ccccc21. The summed E-state index contributed by atoms with van der Waals surface area (Å²) in [5.74, 6) is -0.143. The van der Waals surface area contributed by atoms with Gasteiger partial charge in [0.15, 0.2) is 5.69 Å². The summed E-state index contributed by atoms with van der Waals surface area (Å²) in [7, 11) is 1.83. The van der Waals surface area contributed by atoms with Crippen molar-refractivity contribution in [3.8, 4) is 0 Å². The summed E-state index contributed by atoms with van der Waals surface area (Å²) in [5.41, 5.74) is 6.80. The van der Waals surface area contributed by atoms with Crippen LogP contribution in [-0.2, 0) is 7.05 Å². The third-order valence-corrected chi connectivity index (χ3v) is 2.64. The van der Waals surface area contributed by atoms with Crippen molar-refractivity contribution in [2.75, 3.05) is 13.1 Å². The molecule has 0 aliphatic heterocycles. The minimum absolute atomic E-state index is 0.143. The summed E-state index contributed by atoms with van der Waals surface area (Å²) in [4.78, 5) is 11.9. The van der Waals surface area contributed by atoms with Crippen LogP contribution in [0.1, 0.15) is 16.9 Å². The lowest BCUT2D eigenvalue weighted by Crippen LogP contribution is -2.26. The van der Waals surface area contributed by atoms with E-state index in [1.807, 2.05) is 31.3 Å². The van der Waals surface area contributed by atoms with Gasteiger partial charge in [-0.1, -0.05) is 18.2 Å². The van der Waals surface area contributed by atoms with E-state index in [1.54, 1.807) is 4.68 Å². The van der Waals surface area contributed by atoms with Crippen LogP contribution in [0.4, 0.5) is 0 Å². The molecule has 1 amide bonds. The Hall–Kier alpha value is -1.88. The zero-order chi connectivity index (χ0) is 12.3. The molecule has 0 saturated carbocycles. The van der Waals surface area contributed by atoms with E-state index in [0.717, 1.165) is 17.3 Å². The minimum atomic E-state index is -0.143. The molecule has 0 atom stereocenters. The Kier molecular flexibility index (Phi) is 3.39. The second kappa shape index (κ2) is 4.97. The predicted molar refractivity (Wildman–Crippen MR) is 66.7 cm³/mol. The highest BCUT2D eigenvalue weighted by molar-refractivity contribution is 6.04. The molecule has 3 N–H and O–H groups in total. The van der Waals surface area contributed by atoms with Gasteiger partial charge < -0.3 is 11.1 Å². The highest BCUT2D eigenvalue weighted by Crippen LogP contribution is 2.16. The molecular weight excluding hydrogens is 216 g/mol. The van der Waals surface area contributed by atoms with Gasteiger partial charge in [0.2, 0.25) is 0 Å². The molecule has 5 heteroatoms. The van der Waals surface area contributed by atoms with Crippen LogP contribution in [0.15, 0.2) is 24.3 Å². The first-order chi connectivity index (χ1) is 8.24. The maximum Gasteiger partial charge on any atom is 0.272 e. The molecule has 0 aliphatic rings. The number of nitrogens with one attached hydrogen (secondary N) is 1. The normalized spacial score (nSPS) is 10.7. The predicted octanol–water partition coefficient (Wildman–Crippen LogP) is 0.652. The Bertz CT molecular complexity index is 532. The minimum Gasteiger partial charge on any atom is -0.351 e. The summed E-state index contributed by atoms with van der Waals surface area (Å²) in [6.45, 7) is 1.16. The molecule has 2 aromatic rings. The van der Waals surface area contributed by atoms with E-state index in [-0.39, 0.29) is 5.91 Å². The van der Waals surface area contributed by atoms with Crippen molar-refractivity contribution >= 4 is 16.8 Å². The molecule has 1 aromatic heterocycles. The molecular formula is C12H16N4O. The third-order valence-electron chi connectivity index (χ3n) is 2.64. The summed E-state index contributed by atoms with van der Waals surface area (Å²) in [5, 5.41) is 7.93. The standard InChI is InChI=1S/C12H16N4O/c1-16-10-6-3-2-5-9(10)11(15-16)12(17)14-8-4-7-13/h2-3,5-6H,4,7-8,13H2,1H3,(H,14,17). The molecule has 5 nitrogen and oxygen atoms in total. The second-order valence-corrected chi connectivity index (χ2v) is 3.89. The topological polar surface area (TPSA) is 72.9 Å². The monoisotopic (exact) mass is 232 g/mol. The summed E-state index contributed by atoms with van der Waals surface area (Å²) in [6.07, 6.45) is 0.774. The number of para-hydroxylation sites is 1. The van der Waals surface area contributed by atoms with E-state index < -0.39 is 0 Å². The van der Waals surface area contributed by atoms with E-state index >= 15 is 0 Å². The largest absolute Gasteiger partial charge is 0.351 e. The van der Waals surface area contributed by atoms with Crippen molar-refractivity contribution in [1.29, 1.82) is 0 Å². The maximum absolute atomic E-state index is 11.9. The number of carbonyl (C=O) groups excluding carboxylic acids is 1. The number of hydrogen-bond donors (Lipinski definition) is 2. The fourth-order valence-electron chi connectivity index (χ4n) is 1.77. The van der Waals surface area contributed by atoms with Gasteiger partial charge in [-0.2, -0.15) is 5.10 Å². The Morgan fingerprint density at radius 3 is 3.00 bits per heavy atom. The van der Waals surface area contributed by atoms with Crippen molar-refractivity contribution in [2.24, 2.45) is 12.8 Å². The zero-order valence-corrected chi connectivity index (χ0v) is 9.81. The number of benzene rings is 1. The number of amides is 1. The van der Waals surface area contributed by atoms with Crippen LogP contribution < -0.4 is 11.1 Å². The molecule has 0 saturated heterocycles. The average Bonchev–Trinajstić information content (AvgIpc) is 2.68. The Labute approximate surface area is 99.6 Å². The molecule has 2 rings (SSSR count). The van der Waals surface area contributed by atoms with Crippen molar-refractivity contribution in [2.45, 2.75) is 6.42 Å². The molecule has 0 fully saturated rings. The van der Waals surface area contributed by atoms with Gasteiger partial charge in [-0.3, -0.25) is 9.48 Å². The van der Waals surface area contributed by atoms with Gasteiger partial charge in [-0.15, -0.1) is 0 Å². The molecule has 0 radical (unpaired) electrons. The number of carbonyl (C=O) groups is 1. The first-order valence-electron chi connectivity index (χ1n) is 5.64. The molecule has 1 aromatic carbocycles. The third kappa shape index (κ3) is 2.29. The van der Waals surface area contributed by atoms with E-state index in [0.29, 0.717) is 18.8 Å². The first kappa shape index (κ1) is 11.6. The fourth-order valence-corrected chi connectivity index (χ4v) is 1.77. The van der Waals surface area contributed by atoms with E-state index in [1.165, 1.54) is 0 Å². The maximum atomic E-state index is 11.9. The number of nitrogens with zero attached hydrogens (tertiary/aromatic N) is 2. The van der Waals surface area contributed by atoms with Crippen LogP contribution in [-0.4, -0.2) is 28.8 Å². The van der Waals surface area contributed by atoms with Crippen molar-refractivity contribution in [3.05, 3.63) is 30.0 Å². The zero-order valence-electron chi connectivity index (χ0n) is 9.81. The Morgan fingerprint density at radius 2 is 2.24 bits per heavy atom. The number of fused-ring (bicyclic) bond motifs is 1. The summed E-state index contributed by atoms with van der Waals surface area (Å²) in [6, 6.07) is 7.68. The Morgan fingerprint density at radius 1 is 1.47 bits per heavy atom. The van der Waals surface area contributed by atoms with Crippen LogP contribution in [0.5, 0.6) is 0 Å². The van der Waals surface area contributed by atoms with Gasteiger partial charge in [0.1, 0.15) is 0 Å². The summed E-state index contributed by atoms with van der Waals surface area (Å²) >= 11 is 0. The van der Waals surface area contributed by atoms with E-state index in [9.17, 15) is 4.79 Å². The number of aromatic nitrogens is 2. The van der Waals surface area contributed by atoms with Crippen LogP contribution in [0.3, 0.4) is 0 Å². The first-order valence-corrected chi connectivity index (χ1v) is 5.64. The van der Waals surface area contributed by atoms with Crippen LogP contribution in [0, 0.1) is 0 Å². The van der Waals surface area contributed by atoms with E-state index in [2.05, 4.69) is 10.4 Å². The van der Waals surface area contributed by atoms with Crippen LogP contribution in [0.2, 0.25) is 0 Å². The van der Waals surface area contributed by atoms with Gasteiger partial charge in [0.05, 0.1) is 5.52 Å². The van der Waals surface area contributed by atoms with Gasteiger partial charge in [0.25, 0.3) is 5.91 Å². The van der Waals surface area contributed by atoms with Crippen molar-refractivity contribution in [3.63, 3.8) is 0 Å². The van der Waals surface area contributed by atoms with Gasteiger partial charge in [0, 0.05) is 19.0 Å². The molecule has 0 unspecified atom stereocenters. The summed E-state index contributed by atoms with van der Waals surface area (Å²) < 4.78 is 1.72. The highest BCUT2D eigenvalue weighted by Gasteiger charge is 2.14. The van der Waals surface area contributed by atoms with Crippen LogP contribution >= 0.6 is 0 Å². The number of aryl methyl sites for hydroxylation is 1. The average molecular weight is 232 g/mol. The van der Waals surface area contributed by atoms with Gasteiger partial charge >= 0.3 is 0 Å². The van der Waals surface area contributed by atoms with Gasteiger partial charge in [-0.05, 0) is 19.0 Å². The highest BCUT2D eigenvalue weighted by atomic mass is 16.1. The number of hydrogen-bond acceptors (Lipinski definition) is 3. The molecule has 0 spiro atoms. The molecule has 0 bridgehead atoms. The van der Waals surface area contributed by atoms with Crippen LogP contribution in [0.25, 0.3) is 10.9 Å². The Balaban J connectivity index is 2.26. The van der Waals surface area contributed by atoms with Crippen molar-refractivity contribution < 1.29 is 4.79 Å². The molecule has 1 heterocycles. The molecule has 17 heavy (non-hydrogen) atoms. The fraction of sp³-hybridized carbons (Fsp3) is 0.333. The number of nitrogens with two attached hydrogens (primary N) is 1. The smallest absolute Gasteiger partial charge is 0.272 e. The van der Waals surface area contributed by atoms with E-state index in [4.69, 9.17) is 5.73 Å². The molecule has 90 valence electrons. The van der Waals surface area contributed by atoms with Gasteiger partial charge in [-0.25, -0.2) is 0 Å². The quantitative estimate of drug-likeness (QED) is 0.760. The lowest BCUT2D eigenvalue weighted by atomic mass is 10.2. The second-order valence-electron chi connectivity index (χ2n) is 3.89. The lowest BCUT2D eigenvalue weighted by molar-refractivity contribution is 0.0949. The lowest BCUT2D eigenvalue weighted by Gasteiger charge is -2.01. The number of rotatable bonds is 4. The van der Waals surface area contributed by atoms with Crippen molar-refractivity contribution in [1.82, 2.24) is 15.1 Å².